The van der Waals surface area contributed by atoms with Crippen molar-refractivity contribution in [2.45, 2.75) is 51.4 Å². The summed E-state index contributed by atoms with van der Waals surface area (Å²) in [6, 6.07) is 11.5. The van der Waals surface area contributed by atoms with Gasteiger partial charge in [0.25, 0.3) is 0 Å². The van der Waals surface area contributed by atoms with Crippen LogP contribution in [-0.4, -0.2) is 33.0 Å². The van der Waals surface area contributed by atoms with Gasteiger partial charge in [-0.05, 0) is 39.2 Å². The molecule has 2 heterocycles. The third kappa shape index (κ3) is 1.91. The molecule has 2 nitrogen and oxygen atoms in total. The molecule has 2 saturated heterocycles. The monoisotopic (exact) mass is 274 g/mol. The average molecular weight is 274 g/mol. The maximum atomic E-state index is 5.79. The first-order valence-corrected chi connectivity index (χ1v) is 7.59. The van der Waals surface area contributed by atoms with Crippen LogP contribution in [0.4, 0.5) is 0 Å². The van der Waals surface area contributed by atoms with Gasteiger partial charge in [-0.3, -0.25) is 4.90 Å². The Morgan fingerprint density at radius 2 is 1.95 bits per heavy atom. The van der Waals surface area contributed by atoms with E-state index in [9.17, 15) is 0 Å². The lowest BCUT2D eigenvalue weighted by atomic mass is 10.0. The minimum atomic E-state index is 0.0352. The number of hydrogen-bond acceptors (Lipinski definition) is 2. The molecule has 0 bridgehead atoms. The first kappa shape index (κ1) is 13.1. The summed E-state index contributed by atoms with van der Waals surface area (Å²) in [7, 11) is 0. The minimum absolute atomic E-state index is 0.0352. The number of rotatable bonds is 2. The predicted molar refractivity (Wildman–Crippen MR) is 83.1 cm³/mol. The Bertz CT molecular complexity index is 483. The van der Waals surface area contributed by atoms with Gasteiger partial charge in [0.15, 0.2) is 0 Å². The van der Waals surface area contributed by atoms with Crippen LogP contribution in [0, 0.1) is 0 Å². The second kappa shape index (κ2) is 4.57. The van der Waals surface area contributed by atoms with Crippen molar-refractivity contribution in [2.75, 3.05) is 6.54 Å². The molecular formula is C16H22N2S. The van der Waals surface area contributed by atoms with Crippen molar-refractivity contribution in [1.29, 1.82) is 0 Å². The smallest absolute Gasteiger partial charge is 0.0974 e. The molecule has 3 rings (SSSR count). The highest BCUT2D eigenvalue weighted by atomic mass is 32.1. The van der Waals surface area contributed by atoms with E-state index in [1.54, 1.807) is 0 Å². The molecule has 102 valence electrons. The van der Waals surface area contributed by atoms with Crippen LogP contribution in [-0.2, 0) is 0 Å². The van der Waals surface area contributed by atoms with Gasteiger partial charge in [-0.1, -0.05) is 42.5 Å². The van der Waals surface area contributed by atoms with Gasteiger partial charge in [-0.15, -0.1) is 0 Å². The first-order chi connectivity index (χ1) is 9.03. The van der Waals surface area contributed by atoms with Crippen molar-refractivity contribution in [3.63, 3.8) is 0 Å². The minimum Gasteiger partial charge on any atom is -0.340 e. The Labute approximate surface area is 121 Å². The number of thiocarbonyl (C=S) groups is 1. The van der Waals surface area contributed by atoms with Gasteiger partial charge in [0.2, 0.25) is 0 Å². The van der Waals surface area contributed by atoms with Gasteiger partial charge in [-0.25, -0.2) is 0 Å². The molecule has 2 atom stereocenters. The fourth-order valence-electron chi connectivity index (χ4n) is 3.79. The summed E-state index contributed by atoms with van der Waals surface area (Å²) in [5.74, 6) is 0. The summed E-state index contributed by atoms with van der Waals surface area (Å²) in [5, 5.41) is 0. The summed E-state index contributed by atoms with van der Waals surface area (Å²) in [6.45, 7) is 8.06. The Morgan fingerprint density at radius 3 is 2.58 bits per heavy atom. The summed E-state index contributed by atoms with van der Waals surface area (Å²) >= 11 is 5.79. The summed E-state index contributed by atoms with van der Waals surface area (Å²) in [4.78, 5) is 6.16. The largest absolute Gasteiger partial charge is 0.340 e. The van der Waals surface area contributed by atoms with Crippen LogP contribution >= 0.6 is 12.2 Å². The molecule has 0 unspecified atom stereocenters. The SMILES string of the molecule is C[C@H](c1ccccc1)N1C(=S)[C@@H]2CCCN2C1(C)C. The third-order valence-corrected chi connectivity index (χ3v) is 5.21. The van der Waals surface area contributed by atoms with E-state index in [-0.39, 0.29) is 5.66 Å². The van der Waals surface area contributed by atoms with Gasteiger partial charge in [-0.2, -0.15) is 0 Å². The zero-order valence-corrected chi connectivity index (χ0v) is 12.8. The number of benzene rings is 1. The Kier molecular flexibility index (Phi) is 3.14. The average Bonchev–Trinajstić information content (AvgIpc) is 2.95. The van der Waals surface area contributed by atoms with Gasteiger partial charge >= 0.3 is 0 Å². The fraction of sp³-hybridized carbons (Fsp3) is 0.562. The standard InChI is InChI=1S/C16H22N2S/c1-12(13-8-5-4-6-9-13)18-15(19)14-10-7-11-17(14)16(18,2)3/h4-6,8-9,12,14H,7,10-11H2,1-3H3/t12-,14+/m1/s1. The highest BCUT2D eigenvalue weighted by molar-refractivity contribution is 7.80. The second-order valence-electron chi connectivity index (χ2n) is 6.14. The fourth-order valence-corrected chi connectivity index (χ4v) is 4.42. The van der Waals surface area contributed by atoms with E-state index in [0.717, 1.165) is 4.99 Å². The lowest BCUT2D eigenvalue weighted by Gasteiger charge is -2.42. The molecule has 2 fully saturated rings. The predicted octanol–water partition coefficient (Wildman–Crippen LogP) is 3.59. The molecule has 0 N–H and O–H groups in total. The van der Waals surface area contributed by atoms with Crippen LogP contribution in [0.15, 0.2) is 30.3 Å². The van der Waals surface area contributed by atoms with E-state index in [4.69, 9.17) is 12.2 Å². The summed E-state index contributed by atoms with van der Waals surface area (Å²) in [6.07, 6.45) is 2.50. The molecule has 0 radical (unpaired) electrons. The molecule has 3 heteroatoms. The molecule has 19 heavy (non-hydrogen) atoms. The molecular weight excluding hydrogens is 252 g/mol. The summed E-state index contributed by atoms with van der Waals surface area (Å²) in [5.41, 5.74) is 1.38. The number of nitrogens with zero attached hydrogens (tertiary/aromatic N) is 2. The zero-order valence-electron chi connectivity index (χ0n) is 12.0. The number of hydrogen-bond donors (Lipinski definition) is 0. The van der Waals surface area contributed by atoms with Crippen molar-refractivity contribution in [2.24, 2.45) is 0 Å². The summed E-state index contributed by atoms with van der Waals surface area (Å²) < 4.78 is 0. The van der Waals surface area contributed by atoms with Crippen molar-refractivity contribution in [1.82, 2.24) is 9.80 Å². The second-order valence-corrected chi connectivity index (χ2v) is 6.56. The first-order valence-electron chi connectivity index (χ1n) is 7.18. The molecule has 1 aromatic rings. The van der Waals surface area contributed by atoms with Crippen LogP contribution in [0.5, 0.6) is 0 Å². The van der Waals surface area contributed by atoms with E-state index < -0.39 is 0 Å². The Hall–Kier alpha value is -0.930. The topological polar surface area (TPSA) is 6.48 Å². The molecule has 0 saturated carbocycles. The highest BCUT2D eigenvalue weighted by Crippen LogP contribution is 2.42. The number of fused-ring (bicyclic) bond motifs is 1. The third-order valence-electron chi connectivity index (χ3n) is 4.74. The molecule has 2 aliphatic heterocycles. The van der Waals surface area contributed by atoms with Crippen LogP contribution in [0.2, 0.25) is 0 Å². The van der Waals surface area contributed by atoms with Crippen LogP contribution < -0.4 is 0 Å². The normalized spacial score (nSPS) is 27.6. The van der Waals surface area contributed by atoms with E-state index in [1.165, 1.54) is 24.9 Å². The van der Waals surface area contributed by atoms with Crippen molar-refractivity contribution in [3.8, 4) is 0 Å². The van der Waals surface area contributed by atoms with Crippen molar-refractivity contribution < 1.29 is 0 Å². The van der Waals surface area contributed by atoms with Crippen molar-refractivity contribution in [3.05, 3.63) is 35.9 Å². The lowest BCUT2D eigenvalue weighted by molar-refractivity contribution is 0.0428. The molecule has 1 aromatic carbocycles. The van der Waals surface area contributed by atoms with Gasteiger partial charge in [0.05, 0.1) is 22.7 Å². The maximum absolute atomic E-state index is 5.79. The highest BCUT2D eigenvalue weighted by Gasteiger charge is 2.52. The van der Waals surface area contributed by atoms with Gasteiger partial charge in [0.1, 0.15) is 0 Å². The molecule has 0 amide bonds. The molecule has 0 aromatic heterocycles. The Balaban J connectivity index is 1.94. The molecule has 2 aliphatic rings. The van der Waals surface area contributed by atoms with E-state index in [2.05, 4.69) is 60.9 Å². The van der Waals surface area contributed by atoms with E-state index >= 15 is 0 Å². The Morgan fingerprint density at radius 1 is 1.26 bits per heavy atom. The molecule has 0 spiro atoms. The van der Waals surface area contributed by atoms with Crippen LogP contribution in [0.25, 0.3) is 0 Å². The van der Waals surface area contributed by atoms with Crippen LogP contribution in [0.1, 0.15) is 45.2 Å². The maximum Gasteiger partial charge on any atom is 0.0974 e. The quantitative estimate of drug-likeness (QED) is 0.761. The lowest BCUT2D eigenvalue weighted by Crippen LogP contribution is -2.49. The van der Waals surface area contributed by atoms with Gasteiger partial charge in [0, 0.05) is 6.54 Å². The molecule has 0 aliphatic carbocycles. The van der Waals surface area contributed by atoms with Crippen LogP contribution in [0.3, 0.4) is 0 Å². The van der Waals surface area contributed by atoms with E-state index in [1.807, 2.05) is 0 Å². The zero-order chi connectivity index (χ0) is 13.6. The van der Waals surface area contributed by atoms with E-state index in [0.29, 0.717) is 12.1 Å². The van der Waals surface area contributed by atoms with Crippen molar-refractivity contribution >= 4 is 17.2 Å². The van der Waals surface area contributed by atoms with Gasteiger partial charge < -0.3 is 4.90 Å².